The minimum atomic E-state index is -2.00. The smallest absolute Gasteiger partial charge is 0.286 e. The molecule has 0 saturated heterocycles. The molecular formula is C15H29NO5. The van der Waals surface area contributed by atoms with E-state index in [4.69, 9.17) is 5.26 Å². The Morgan fingerprint density at radius 2 is 1.52 bits per heavy atom. The third kappa shape index (κ3) is 8.89. The van der Waals surface area contributed by atoms with E-state index in [-0.39, 0.29) is 6.42 Å². The first-order chi connectivity index (χ1) is 9.79. The van der Waals surface area contributed by atoms with Gasteiger partial charge in [0, 0.05) is 19.3 Å². The first kappa shape index (κ1) is 20.1. The number of rotatable bonds is 12. The van der Waals surface area contributed by atoms with Gasteiger partial charge in [0.25, 0.3) is 6.26 Å². The van der Waals surface area contributed by atoms with Gasteiger partial charge in [-0.1, -0.05) is 33.1 Å². The molecule has 0 bridgehead atoms. The monoisotopic (exact) mass is 303 g/mol. The third-order valence-corrected chi connectivity index (χ3v) is 3.60. The molecule has 0 aliphatic heterocycles. The third-order valence-electron chi connectivity index (χ3n) is 3.60. The van der Waals surface area contributed by atoms with Gasteiger partial charge in [0.15, 0.2) is 11.9 Å². The number of unbranched alkanes of at least 4 members (excludes halogenated alkanes) is 3. The molecule has 0 heterocycles. The van der Waals surface area contributed by atoms with E-state index in [0.717, 1.165) is 19.3 Å². The Morgan fingerprint density at radius 3 is 2.00 bits per heavy atom. The maximum absolute atomic E-state index is 9.86. The summed E-state index contributed by atoms with van der Waals surface area (Å²) in [7, 11) is 0. The first-order valence-electron chi connectivity index (χ1n) is 7.73. The number of ether oxygens (including phenoxy) is 1. The van der Waals surface area contributed by atoms with E-state index in [0.29, 0.717) is 32.1 Å². The number of hydrogen-bond donors (Lipinski definition) is 4. The van der Waals surface area contributed by atoms with Crippen molar-refractivity contribution in [3.63, 3.8) is 0 Å². The van der Waals surface area contributed by atoms with E-state index in [1.807, 2.05) is 6.92 Å². The SMILES string of the molecule is CCCC(O)(O)CCCCCCC(O)(O)C(CC)OC#N. The van der Waals surface area contributed by atoms with Crippen LogP contribution in [0.5, 0.6) is 0 Å². The van der Waals surface area contributed by atoms with Gasteiger partial charge in [-0.15, -0.1) is 0 Å². The van der Waals surface area contributed by atoms with Crippen LogP contribution in [0.4, 0.5) is 0 Å². The summed E-state index contributed by atoms with van der Waals surface area (Å²) in [6.45, 7) is 3.62. The summed E-state index contributed by atoms with van der Waals surface area (Å²) in [4.78, 5) is 0. The summed E-state index contributed by atoms with van der Waals surface area (Å²) in [5.74, 6) is -3.58. The largest absolute Gasteiger partial charge is 0.418 e. The highest BCUT2D eigenvalue weighted by Gasteiger charge is 2.34. The Kier molecular flexibility index (Phi) is 9.54. The molecule has 0 aromatic heterocycles. The van der Waals surface area contributed by atoms with Gasteiger partial charge in [-0.3, -0.25) is 0 Å². The van der Waals surface area contributed by atoms with Gasteiger partial charge in [0.1, 0.15) is 0 Å². The van der Waals surface area contributed by atoms with Crippen LogP contribution in [0.1, 0.15) is 71.6 Å². The Bertz CT molecular complexity index is 312. The lowest BCUT2D eigenvalue weighted by Gasteiger charge is -2.28. The highest BCUT2D eigenvalue weighted by atomic mass is 16.6. The number of hydrogen-bond acceptors (Lipinski definition) is 6. The van der Waals surface area contributed by atoms with Gasteiger partial charge in [-0.2, -0.15) is 5.26 Å². The predicted molar refractivity (Wildman–Crippen MR) is 77.7 cm³/mol. The van der Waals surface area contributed by atoms with E-state index in [1.54, 1.807) is 6.92 Å². The summed E-state index contributed by atoms with van der Waals surface area (Å²) < 4.78 is 4.65. The average Bonchev–Trinajstić information content (AvgIpc) is 2.39. The normalized spacial score (nSPS) is 13.8. The molecule has 124 valence electrons. The maximum atomic E-state index is 9.86. The Morgan fingerprint density at radius 1 is 0.952 bits per heavy atom. The number of nitrogens with zero attached hydrogens (tertiary/aromatic N) is 1. The molecule has 0 rings (SSSR count). The molecule has 21 heavy (non-hydrogen) atoms. The van der Waals surface area contributed by atoms with E-state index in [2.05, 4.69) is 4.74 Å². The molecule has 0 aromatic rings. The van der Waals surface area contributed by atoms with E-state index < -0.39 is 17.7 Å². The van der Waals surface area contributed by atoms with Gasteiger partial charge in [-0.05, 0) is 19.3 Å². The molecule has 0 aliphatic rings. The summed E-state index contributed by atoms with van der Waals surface area (Å²) >= 11 is 0. The van der Waals surface area contributed by atoms with Crippen LogP contribution in [0.15, 0.2) is 0 Å². The van der Waals surface area contributed by atoms with Crippen molar-refractivity contribution in [1.82, 2.24) is 0 Å². The molecule has 6 heteroatoms. The van der Waals surface area contributed by atoms with Crippen molar-refractivity contribution in [2.24, 2.45) is 0 Å². The second-order valence-corrected chi connectivity index (χ2v) is 5.63. The second-order valence-electron chi connectivity index (χ2n) is 5.63. The predicted octanol–water partition coefficient (Wildman–Crippen LogP) is 1.77. The quantitative estimate of drug-likeness (QED) is 0.248. The van der Waals surface area contributed by atoms with Crippen LogP contribution >= 0.6 is 0 Å². The van der Waals surface area contributed by atoms with Crippen LogP contribution in [0.2, 0.25) is 0 Å². The van der Waals surface area contributed by atoms with Crippen LogP contribution in [0.25, 0.3) is 0 Å². The average molecular weight is 303 g/mol. The summed E-state index contributed by atoms with van der Waals surface area (Å²) in [5, 5.41) is 47.4. The van der Waals surface area contributed by atoms with E-state index in [9.17, 15) is 20.4 Å². The molecule has 6 nitrogen and oxygen atoms in total. The maximum Gasteiger partial charge on any atom is 0.286 e. The zero-order chi connectivity index (χ0) is 16.4. The van der Waals surface area contributed by atoms with E-state index in [1.165, 1.54) is 6.26 Å². The van der Waals surface area contributed by atoms with Crippen LogP contribution in [0, 0.1) is 11.5 Å². The molecule has 0 aromatic carbocycles. The van der Waals surface area contributed by atoms with Crippen LogP contribution in [-0.4, -0.2) is 38.1 Å². The first-order valence-corrected chi connectivity index (χ1v) is 7.73. The summed E-state index contributed by atoms with van der Waals surface area (Å²) in [6, 6.07) is 0. The molecule has 4 N–H and O–H groups in total. The molecule has 1 unspecified atom stereocenters. The van der Waals surface area contributed by atoms with Crippen molar-refractivity contribution in [1.29, 1.82) is 5.26 Å². The lowest BCUT2D eigenvalue weighted by atomic mass is 9.98. The zero-order valence-corrected chi connectivity index (χ0v) is 13.1. The number of aliphatic hydroxyl groups is 4. The van der Waals surface area contributed by atoms with Crippen LogP contribution in [-0.2, 0) is 4.74 Å². The fourth-order valence-electron chi connectivity index (χ4n) is 2.40. The van der Waals surface area contributed by atoms with Crippen molar-refractivity contribution >= 4 is 0 Å². The van der Waals surface area contributed by atoms with E-state index >= 15 is 0 Å². The highest BCUT2D eigenvalue weighted by Crippen LogP contribution is 2.23. The Hall–Kier alpha value is -0.870. The topological polar surface area (TPSA) is 114 Å². The summed E-state index contributed by atoms with van der Waals surface area (Å²) in [6.07, 6.45) is 5.29. The second kappa shape index (κ2) is 9.96. The van der Waals surface area contributed by atoms with Crippen LogP contribution in [0.3, 0.4) is 0 Å². The fourth-order valence-corrected chi connectivity index (χ4v) is 2.40. The molecule has 1 atom stereocenters. The van der Waals surface area contributed by atoms with Gasteiger partial charge in [-0.25, -0.2) is 0 Å². The molecule has 0 spiro atoms. The van der Waals surface area contributed by atoms with Crippen LogP contribution < -0.4 is 0 Å². The molecule has 0 radical (unpaired) electrons. The molecule has 0 aliphatic carbocycles. The van der Waals surface area contributed by atoms with Crippen molar-refractivity contribution in [2.45, 2.75) is 89.3 Å². The minimum Gasteiger partial charge on any atom is -0.418 e. The molecule has 0 saturated carbocycles. The Labute approximate surface area is 127 Å². The zero-order valence-electron chi connectivity index (χ0n) is 13.1. The highest BCUT2D eigenvalue weighted by molar-refractivity contribution is 4.78. The van der Waals surface area contributed by atoms with Crippen molar-refractivity contribution in [3.8, 4) is 6.26 Å². The minimum absolute atomic E-state index is 0.130. The van der Waals surface area contributed by atoms with Gasteiger partial charge in [0.2, 0.25) is 5.79 Å². The number of nitriles is 1. The van der Waals surface area contributed by atoms with Gasteiger partial charge < -0.3 is 25.2 Å². The van der Waals surface area contributed by atoms with Gasteiger partial charge >= 0.3 is 0 Å². The molecule has 0 fully saturated rings. The van der Waals surface area contributed by atoms with Crippen molar-refractivity contribution in [2.75, 3.05) is 0 Å². The van der Waals surface area contributed by atoms with Gasteiger partial charge in [0.05, 0.1) is 0 Å². The lowest BCUT2D eigenvalue weighted by Crippen LogP contribution is -2.42. The molecule has 0 amide bonds. The fraction of sp³-hybridized carbons (Fsp3) is 0.933. The summed E-state index contributed by atoms with van der Waals surface area (Å²) in [5.41, 5.74) is 0. The van der Waals surface area contributed by atoms with Crippen molar-refractivity contribution in [3.05, 3.63) is 0 Å². The Balaban J connectivity index is 3.87. The standard InChI is InChI=1S/C15H29NO5/c1-3-9-14(17,18)10-7-5-6-8-11-15(19,20)13(4-2)21-12-16/h13,17-20H,3-11H2,1-2H3. The molecular weight excluding hydrogens is 274 g/mol. The van der Waals surface area contributed by atoms with Crippen molar-refractivity contribution < 1.29 is 25.2 Å². The lowest BCUT2D eigenvalue weighted by molar-refractivity contribution is -0.228.